The molecule has 2 aromatic rings. The lowest BCUT2D eigenvalue weighted by Gasteiger charge is -2.16. The molecule has 0 saturated heterocycles. The highest BCUT2D eigenvalue weighted by Crippen LogP contribution is 2.32. The van der Waals surface area contributed by atoms with E-state index in [0.29, 0.717) is 12.5 Å². The van der Waals surface area contributed by atoms with Crippen LogP contribution in [0.15, 0.2) is 34.8 Å². The van der Waals surface area contributed by atoms with Crippen LogP contribution in [0.1, 0.15) is 36.5 Å². The Morgan fingerprint density at radius 3 is 2.62 bits per heavy atom. The van der Waals surface area contributed by atoms with Gasteiger partial charge in [0.25, 0.3) is 0 Å². The lowest BCUT2D eigenvalue weighted by Crippen LogP contribution is -2.03. The van der Waals surface area contributed by atoms with Crippen LogP contribution in [0.3, 0.4) is 0 Å². The third-order valence-electron chi connectivity index (χ3n) is 3.44. The van der Waals surface area contributed by atoms with Crippen molar-refractivity contribution in [3.05, 3.63) is 56.5 Å². The molecule has 2 rings (SSSR count). The first-order chi connectivity index (χ1) is 9.90. The molecule has 2 aromatic carbocycles. The van der Waals surface area contributed by atoms with Gasteiger partial charge in [-0.15, -0.1) is 0 Å². The summed E-state index contributed by atoms with van der Waals surface area (Å²) in [6.07, 6.45) is 0. The predicted octanol–water partition coefficient (Wildman–Crippen LogP) is 5.70. The molecular weight excluding hydrogens is 350 g/mol. The first-order valence-corrected chi connectivity index (χ1v) is 8.03. The molecule has 2 nitrogen and oxygen atoms in total. The summed E-state index contributed by atoms with van der Waals surface area (Å²) in [4.78, 5) is 0. The Morgan fingerprint density at radius 2 is 2.00 bits per heavy atom. The van der Waals surface area contributed by atoms with Crippen molar-refractivity contribution in [2.24, 2.45) is 0 Å². The smallest absolute Gasteiger partial charge is 0.123 e. The van der Waals surface area contributed by atoms with Gasteiger partial charge in [0.1, 0.15) is 12.4 Å². The number of rotatable bonds is 4. The van der Waals surface area contributed by atoms with Gasteiger partial charge in [-0.05, 0) is 48.2 Å². The van der Waals surface area contributed by atoms with Crippen LogP contribution in [0.4, 0.5) is 5.69 Å². The maximum Gasteiger partial charge on any atom is 0.123 e. The minimum Gasteiger partial charge on any atom is -0.489 e. The number of nitrogens with two attached hydrogens (primary N) is 1. The van der Waals surface area contributed by atoms with E-state index in [1.165, 1.54) is 0 Å². The molecule has 0 heterocycles. The Balaban J connectivity index is 2.26. The minimum absolute atomic E-state index is 0.356. The second-order valence-electron chi connectivity index (χ2n) is 5.39. The second kappa shape index (κ2) is 6.71. The molecule has 2 N–H and O–H groups in total. The van der Waals surface area contributed by atoms with E-state index in [0.717, 1.165) is 37.6 Å². The lowest BCUT2D eigenvalue weighted by molar-refractivity contribution is 0.303. The van der Waals surface area contributed by atoms with Gasteiger partial charge in [0, 0.05) is 20.7 Å². The number of benzene rings is 2. The Bertz CT molecular complexity index is 635. The summed E-state index contributed by atoms with van der Waals surface area (Å²) in [5, 5.41) is 0.787. The zero-order valence-corrected chi connectivity index (χ0v) is 14.8. The van der Waals surface area contributed by atoms with Gasteiger partial charge in [0.2, 0.25) is 0 Å². The van der Waals surface area contributed by atoms with Gasteiger partial charge < -0.3 is 10.5 Å². The summed E-state index contributed by atoms with van der Waals surface area (Å²) in [5.74, 6) is 1.20. The van der Waals surface area contributed by atoms with Crippen molar-refractivity contribution in [2.45, 2.75) is 33.3 Å². The topological polar surface area (TPSA) is 35.2 Å². The summed E-state index contributed by atoms with van der Waals surface area (Å²) in [6, 6.07) is 9.72. The maximum atomic E-state index is 6.28. The van der Waals surface area contributed by atoms with Gasteiger partial charge in [0.15, 0.2) is 0 Å². The van der Waals surface area contributed by atoms with Crippen LogP contribution in [0.2, 0.25) is 5.02 Å². The lowest BCUT2D eigenvalue weighted by atomic mass is 10.0. The van der Waals surface area contributed by atoms with Crippen LogP contribution in [0.25, 0.3) is 0 Å². The fourth-order valence-electron chi connectivity index (χ4n) is 2.14. The van der Waals surface area contributed by atoms with Crippen LogP contribution >= 0.6 is 27.5 Å². The molecule has 0 aromatic heterocycles. The number of hydrogen-bond donors (Lipinski definition) is 1. The number of anilines is 1. The van der Waals surface area contributed by atoms with E-state index in [1.807, 2.05) is 37.3 Å². The fourth-order valence-corrected chi connectivity index (χ4v) is 3.08. The molecule has 0 saturated carbocycles. The Morgan fingerprint density at radius 1 is 1.29 bits per heavy atom. The predicted molar refractivity (Wildman–Crippen MR) is 93.2 cm³/mol. The van der Waals surface area contributed by atoms with E-state index in [-0.39, 0.29) is 0 Å². The molecule has 0 bridgehead atoms. The second-order valence-corrected chi connectivity index (χ2v) is 6.65. The molecule has 0 aliphatic rings. The van der Waals surface area contributed by atoms with Crippen LogP contribution in [-0.4, -0.2) is 0 Å². The van der Waals surface area contributed by atoms with Crippen molar-refractivity contribution >= 4 is 33.2 Å². The quantitative estimate of drug-likeness (QED) is 0.703. The molecule has 0 unspecified atom stereocenters. The minimum atomic E-state index is 0.356. The molecule has 0 aliphatic carbocycles. The molecular formula is C17H19BrClNO. The van der Waals surface area contributed by atoms with E-state index in [1.54, 1.807) is 0 Å². The zero-order chi connectivity index (χ0) is 15.6. The average Bonchev–Trinajstić information content (AvgIpc) is 2.39. The summed E-state index contributed by atoms with van der Waals surface area (Å²) in [5.41, 5.74) is 9.79. The van der Waals surface area contributed by atoms with Gasteiger partial charge in [-0.1, -0.05) is 47.4 Å². The highest BCUT2D eigenvalue weighted by molar-refractivity contribution is 9.10. The van der Waals surface area contributed by atoms with Gasteiger partial charge in [0.05, 0.1) is 0 Å². The number of nitrogen functional groups attached to an aromatic ring is 1. The van der Waals surface area contributed by atoms with Gasteiger partial charge in [-0.25, -0.2) is 0 Å². The van der Waals surface area contributed by atoms with Crippen LogP contribution in [-0.2, 0) is 6.61 Å². The van der Waals surface area contributed by atoms with Crippen LogP contribution in [0.5, 0.6) is 5.75 Å². The number of halogens is 2. The van der Waals surface area contributed by atoms with Crippen molar-refractivity contribution in [3.8, 4) is 5.75 Å². The largest absolute Gasteiger partial charge is 0.489 e. The summed E-state index contributed by atoms with van der Waals surface area (Å²) >= 11 is 9.79. The van der Waals surface area contributed by atoms with Gasteiger partial charge >= 0.3 is 0 Å². The third-order valence-corrected chi connectivity index (χ3v) is 4.51. The third kappa shape index (κ3) is 3.72. The molecule has 4 heteroatoms. The van der Waals surface area contributed by atoms with Crippen molar-refractivity contribution in [2.75, 3.05) is 5.73 Å². The summed E-state index contributed by atoms with van der Waals surface area (Å²) < 4.78 is 6.92. The molecule has 0 amide bonds. The van der Waals surface area contributed by atoms with E-state index < -0.39 is 0 Å². The van der Waals surface area contributed by atoms with Crippen LogP contribution in [0, 0.1) is 6.92 Å². The summed E-state index contributed by atoms with van der Waals surface area (Å²) in [6.45, 7) is 6.65. The Hall–Kier alpha value is -1.19. The zero-order valence-electron chi connectivity index (χ0n) is 12.4. The number of ether oxygens (including phenoxy) is 1. The van der Waals surface area contributed by atoms with E-state index in [9.17, 15) is 0 Å². The molecule has 0 spiro atoms. The monoisotopic (exact) mass is 367 g/mol. The molecule has 112 valence electrons. The normalized spacial score (nSPS) is 11.0. The van der Waals surface area contributed by atoms with E-state index >= 15 is 0 Å². The SMILES string of the molecule is Cc1cc(Cl)c(C(C)C)cc1OCc1c(N)cccc1Br. The molecule has 0 aliphatic heterocycles. The van der Waals surface area contributed by atoms with Crippen molar-refractivity contribution < 1.29 is 4.74 Å². The van der Waals surface area contributed by atoms with Gasteiger partial charge in [-0.3, -0.25) is 0 Å². The number of aryl methyl sites for hydroxylation is 1. The van der Waals surface area contributed by atoms with Crippen LogP contribution < -0.4 is 10.5 Å². The first-order valence-electron chi connectivity index (χ1n) is 6.86. The highest BCUT2D eigenvalue weighted by atomic mass is 79.9. The van der Waals surface area contributed by atoms with E-state index in [4.69, 9.17) is 22.1 Å². The van der Waals surface area contributed by atoms with Crippen molar-refractivity contribution in [1.29, 1.82) is 0 Å². The van der Waals surface area contributed by atoms with Crippen molar-refractivity contribution in [1.82, 2.24) is 0 Å². The highest BCUT2D eigenvalue weighted by Gasteiger charge is 2.11. The van der Waals surface area contributed by atoms with Gasteiger partial charge in [-0.2, -0.15) is 0 Å². The maximum absolute atomic E-state index is 6.28. The summed E-state index contributed by atoms with van der Waals surface area (Å²) in [7, 11) is 0. The Kier molecular flexibility index (Phi) is 5.17. The molecule has 0 radical (unpaired) electrons. The average molecular weight is 369 g/mol. The fraction of sp³-hybridized carbons (Fsp3) is 0.294. The molecule has 21 heavy (non-hydrogen) atoms. The van der Waals surface area contributed by atoms with E-state index in [2.05, 4.69) is 29.8 Å². The van der Waals surface area contributed by atoms with Crippen molar-refractivity contribution in [3.63, 3.8) is 0 Å². The Labute approximate surface area is 139 Å². The molecule has 0 atom stereocenters. The number of hydrogen-bond acceptors (Lipinski definition) is 2. The first kappa shape index (κ1) is 16.2. The molecule has 0 fully saturated rings. The standard InChI is InChI=1S/C17H19BrClNO/c1-10(2)12-8-17(11(3)7-15(12)19)21-9-13-14(18)5-4-6-16(13)20/h4-8,10H,9,20H2,1-3H3.